The molecule has 1 rings (SSSR count). The first kappa shape index (κ1) is 15.0. The van der Waals surface area contributed by atoms with E-state index in [0.717, 1.165) is 12.8 Å². The number of unbranched alkanes of at least 4 members (excludes halogenated alkanes) is 1. The van der Waals surface area contributed by atoms with E-state index in [4.69, 9.17) is 5.11 Å². The summed E-state index contributed by atoms with van der Waals surface area (Å²) < 4.78 is 1.27. The molecule has 4 N–H and O–H groups in total. The van der Waals surface area contributed by atoms with Gasteiger partial charge in [0.15, 0.2) is 0 Å². The van der Waals surface area contributed by atoms with Crippen molar-refractivity contribution in [1.82, 2.24) is 15.0 Å². The van der Waals surface area contributed by atoms with Crippen LogP contribution in [0.2, 0.25) is 0 Å². The quantitative estimate of drug-likeness (QED) is 0.487. The Morgan fingerprint density at radius 3 is 2.56 bits per heavy atom. The van der Waals surface area contributed by atoms with Crippen molar-refractivity contribution in [2.45, 2.75) is 51.0 Å². The fourth-order valence-electron chi connectivity index (χ4n) is 1.74. The Balaban J connectivity index is 2.69. The highest BCUT2D eigenvalue weighted by atomic mass is 16.3. The van der Waals surface area contributed by atoms with Gasteiger partial charge in [-0.1, -0.05) is 25.0 Å². The smallest absolute Gasteiger partial charge is 0.108 e. The maximum atomic E-state index is 9.98. The normalized spacial score (nSPS) is 16.5. The lowest BCUT2D eigenvalue weighted by Crippen LogP contribution is -2.37. The summed E-state index contributed by atoms with van der Waals surface area (Å²) >= 11 is 0. The van der Waals surface area contributed by atoms with Crippen LogP contribution in [0.3, 0.4) is 0 Å². The van der Waals surface area contributed by atoms with Crippen molar-refractivity contribution < 1.29 is 20.4 Å². The average molecular weight is 259 g/mol. The molecule has 0 bridgehead atoms. The summed E-state index contributed by atoms with van der Waals surface area (Å²) in [5, 5.41) is 45.3. The van der Waals surface area contributed by atoms with Crippen molar-refractivity contribution >= 4 is 0 Å². The number of hydrogen-bond acceptors (Lipinski definition) is 6. The molecule has 0 unspecified atom stereocenters. The predicted molar refractivity (Wildman–Crippen MR) is 63.6 cm³/mol. The highest BCUT2D eigenvalue weighted by Crippen LogP contribution is 2.17. The van der Waals surface area contributed by atoms with E-state index in [1.54, 1.807) is 0 Å². The largest absolute Gasteiger partial charge is 0.394 e. The molecule has 18 heavy (non-hydrogen) atoms. The van der Waals surface area contributed by atoms with Crippen LogP contribution in [-0.2, 0) is 6.61 Å². The number of nitrogens with zero attached hydrogens (tertiary/aromatic N) is 3. The van der Waals surface area contributed by atoms with E-state index in [1.165, 1.54) is 10.9 Å². The molecule has 3 atom stereocenters. The molecule has 0 aromatic carbocycles. The van der Waals surface area contributed by atoms with E-state index in [9.17, 15) is 15.3 Å². The molecule has 1 heterocycles. The van der Waals surface area contributed by atoms with Crippen LogP contribution in [0.5, 0.6) is 0 Å². The predicted octanol–water partition coefficient (Wildman–Crippen LogP) is -0.784. The maximum Gasteiger partial charge on any atom is 0.108 e. The van der Waals surface area contributed by atoms with E-state index >= 15 is 0 Å². The monoisotopic (exact) mass is 259 g/mol. The van der Waals surface area contributed by atoms with E-state index in [1.807, 2.05) is 6.92 Å². The summed E-state index contributed by atoms with van der Waals surface area (Å²) in [4.78, 5) is 0. The minimum absolute atomic E-state index is 0.257. The van der Waals surface area contributed by atoms with Gasteiger partial charge < -0.3 is 20.4 Å². The molecule has 7 heteroatoms. The van der Waals surface area contributed by atoms with Gasteiger partial charge in [-0.3, -0.25) is 0 Å². The third-order valence-corrected chi connectivity index (χ3v) is 2.89. The second-order valence-electron chi connectivity index (χ2n) is 4.30. The number of hydrogen-bond donors (Lipinski definition) is 4. The summed E-state index contributed by atoms with van der Waals surface area (Å²) in [5.41, 5.74) is 0.351. The zero-order chi connectivity index (χ0) is 13.5. The zero-order valence-electron chi connectivity index (χ0n) is 10.5. The van der Waals surface area contributed by atoms with Crippen LogP contribution in [0.15, 0.2) is 6.20 Å². The van der Waals surface area contributed by atoms with E-state index < -0.39 is 18.2 Å². The lowest BCUT2D eigenvalue weighted by molar-refractivity contribution is -0.0349. The van der Waals surface area contributed by atoms with Gasteiger partial charge in [-0.15, -0.1) is 5.10 Å². The van der Waals surface area contributed by atoms with Crippen molar-refractivity contribution in [3.63, 3.8) is 0 Å². The van der Waals surface area contributed by atoms with E-state index in [0.29, 0.717) is 12.1 Å². The minimum atomic E-state index is -1.12. The molecule has 7 nitrogen and oxygen atoms in total. The fraction of sp³-hybridized carbons (Fsp3) is 0.818. The summed E-state index contributed by atoms with van der Waals surface area (Å²) in [6.45, 7) is 1.37. The molecule has 0 spiro atoms. The van der Waals surface area contributed by atoms with E-state index in [2.05, 4.69) is 10.3 Å². The average Bonchev–Trinajstić information content (AvgIpc) is 2.85. The number of rotatable bonds is 8. The Morgan fingerprint density at radius 2 is 2.06 bits per heavy atom. The molecule has 104 valence electrons. The van der Waals surface area contributed by atoms with Crippen LogP contribution < -0.4 is 0 Å². The Bertz CT molecular complexity index is 345. The number of aliphatic hydroxyl groups excluding tert-OH is 4. The summed E-state index contributed by atoms with van der Waals surface area (Å²) in [5.74, 6) is 0. The second-order valence-corrected chi connectivity index (χ2v) is 4.30. The first-order valence-corrected chi connectivity index (χ1v) is 6.12. The SMILES string of the molecule is CCCC[C@@H](O)[C@@H](O)[C@H](CO)n1cc(CO)nn1. The molecular weight excluding hydrogens is 238 g/mol. The summed E-state index contributed by atoms with van der Waals surface area (Å²) in [6.07, 6.45) is 1.60. The van der Waals surface area contributed by atoms with Gasteiger partial charge in [0, 0.05) is 0 Å². The van der Waals surface area contributed by atoms with Crippen molar-refractivity contribution in [2.75, 3.05) is 6.61 Å². The Labute approximate surface area is 106 Å². The Hall–Kier alpha value is -1.02. The molecule has 0 aliphatic carbocycles. The van der Waals surface area contributed by atoms with Crippen molar-refractivity contribution in [3.05, 3.63) is 11.9 Å². The number of aromatic nitrogens is 3. The molecular formula is C11H21N3O4. The summed E-state index contributed by atoms with van der Waals surface area (Å²) in [6, 6.07) is -0.760. The highest BCUT2D eigenvalue weighted by Gasteiger charge is 2.27. The third kappa shape index (κ3) is 3.74. The number of aliphatic hydroxyl groups is 4. The molecule has 0 fully saturated rings. The zero-order valence-corrected chi connectivity index (χ0v) is 10.5. The van der Waals surface area contributed by atoms with Crippen LogP contribution in [-0.4, -0.2) is 54.2 Å². The van der Waals surface area contributed by atoms with Gasteiger partial charge in [0.1, 0.15) is 17.8 Å². The Morgan fingerprint density at radius 1 is 1.33 bits per heavy atom. The van der Waals surface area contributed by atoms with Gasteiger partial charge in [-0.05, 0) is 6.42 Å². The first-order valence-electron chi connectivity index (χ1n) is 6.12. The molecule has 0 aliphatic heterocycles. The second kappa shape index (κ2) is 7.42. The van der Waals surface area contributed by atoms with Gasteiger partial charge in [-0.25, -0.2) is 4.68 Å². The minimum Gasteiger partial charge on any atom is -0.394 e. The standard InChI is InChI=1S/C11H21N3O4/c1-2-3-4-10(17)11(18)9(7-16)14-5-8(6-15)12-13-14/h5,9-11,15-18H,2-4,6-7H2,1H3/t9-,10+,11-/m0/s1. The van der Waals surface area contributed by atoms with Crippen molar-refractivity contribution in [1.29, 1.82) is 0 Å². The van der Waals surface area contributed by atoms with Crippen LogP contribution in [0.1, 0.15) is 37.9 Å². The van der Waals surface area contributed by atoms with Gasteiger partial charge in [0.05, 0.1) is 25.5 Å². The topological polar surface area (TPSA) is 112 Å². The van der Waals surface area contributed by atoms with Crippen LogP contribution >= 0.6 is 0 Å². The third-order valence-electron chi connectivity index (χ3n) is 2.89. The maximum absolute atomic E-state index is 9.98. The summed E-state index contributed by atoms with van der Waals surface area (Å²) in [7, 11) is 0. The highest BCUT2D eigenvalue weighted by molar-refractivity contribution is 4.92. The van der Waals surface area contributed by atoms with Gasteiger partial charge in [0.2, 0.25) is 0 Å². The fourth-order valence-corrected chi connectivity index (χ4v) is 1.74. The van der Waals surface area contributed by atoms with Crippen LogP contribution in [0, 0.1) is 0 Å². The molecule has 1 aromatic rings. The lowest BCUT2D eigenvalue weighted by atomic mass is 10.0. The van der Waals surface area contributed by atoms with Crippen molar-refractivity contribution in [3.8, 4) is 0 Å². The van der Waals surface area contributed by atoms with Crippen LogP contribution in [0.25, 0.3) is 0 Å². The molecule has 1 aromatic heterocycles. The van der Waals surface area contributed by atoms with E-state index in [-0.39, 0.29) is 13.2 Å². The van der Waals surface area contributed by atoms with Gasteiger partial charge in [-0.2, -0.15) is 0 Å². The Kier molecular flexibility index (Phi) is 6.20. The molecule has 0 saturated carbocycles. The van der Waals surface area contributed by atoms with Gasteiger partial charge >= 0.3 is 0 Å². The van der Waals surface area contributed by atoms with Crippen molar-refractivity contribution in [2.24, 2.45) is 0 Å². The molecule has 0 amide bonds. The molecule has 0 saturated heterocycles. The van der Waals surface area contributed by atoms with Crippen LogP contribution in [0.4, 0.5) is 0 Å². The first-order chi connectivity index (χ1) is 8.63. The van der Waals surface area contributed by atoms with Gasteiger partial charge in [0.25, 0.3) is 0 Å². The lowest BCUT2D eigenvalue weighted by Gasteiger charge is -2.25. The molecule has 0 radical (unpaired) electrons. The molecule has 0 aliphatic rings.